The fourth-order valence-electron chi connectivity index (χ4n) is 3.75. The van der Waals surface area contributed by atoms with E-state index in [-0.39, 0.29) is 5.57 Å². The normalized spacial score (nSPS) is 15.9. The Morgan fingerprint density at radius 1 is 0.839 bits per heavy atom. The van der Waals surface area contributed by atoms with Crippen LogP contribution in [0.5, 0.6) is 0 Å². The Morgan fingerprint density at radius 2 is 1.52 bits per heavy atom. The zero-order valence-corrected chi connectivity index (χ0v) is 18.9. The van der Waals surface area contributed by atoms with E-state index in [1.807, 2.05) is 44.2 Å². The van der Waals surface area contributed by atoms with Crippen LogP contribution in [0.4, 0.5) is 10.5 Å². The predicted molar refractivity (Wildman–Crippen MR) is 123 cm³/mol. The van der Waals surface area contributed by atoms with Gasteiger partial charge in [-0.2, -0.15) is 0 Å². The molecule has 1 fully saturated rings. The largest absolute Gasteiger partial charge is 0.338 e. The van der Waals surface area contributed by atoms with Crippen LogP contribution < -0.4 is 4.90 Å². The van der Waals surface area contributed by atoms with E-state index in [2.05, 4.69) is 20.5 Å². The number of halogens is 1. The third-order valence-electron chi connectivity index (χ3n) is 5.30. The average Bonchev–Trinajstić information content (AvgIpc) is 3.03. The summed E-state index contributed by atoms with van der Waals surface area (Å²) in [7, 11) is 1.38. The standard InChI is InChI=1S/C24H20BrN3O3/c1-15-12-17(16(2)27(15)20-11-7-8-18(25)14-20)13-21-22(29)26(3)24(31)28(23(21)30)19-9-5-4-6-10-19/h4-14H,1-3H3/b21-13+. The number of nitrogens with zero attached hydrogens (tertiary/aromatic N) is 3. The topological polar surface area (TPSA) is 62.6 Å². The number of carbonyl (C=O) groups is 3. The molecule has 0 saturated carbocycles. The van der Waals surface area contributed by atoms with Crippen molar-refractivity contribution in [2.75, 3.05) is 11.9 Å². The molecule has 0 atom stereocenters. The molecular formula is C24H20BrN3O3. The van der Waals surface area contributed by atoms with Crippen molar-refractivity contribution in [2.24, 2.45) is 0 Å². The zero-order valence-electron chi connectivity index (χ0n) is 17.3. The molecule has 0 aliphatic carbocycles. The number of anilines is 1. The van der Waals surface area contributed by atoms with Gasteiger partial charge in [-0.3, -0.25) is 14.5 Å². The van der Waals surface area contributed by atoms with Crippen molar-refractivity contribution in [1.29, 1.82) is 0 Å². The Labute approximate surface area is 188 Å². The van der Waals surface area contributed by atoms with Crippen LogP contribution in [-0.4, -0.2) is 34.4 Å². The van der Waals surface area contributed by atoms with E-state index in [1.54, 1.807) is 36.4 Å². The van der Waals surface area contributed by atoms with E-state index in [9.17, 15) is 14.4 Å². The van der Waals surface area contributed by atoms with Crippen molar-refractivity contribution in [1.82, 2.24) is 9.47 Å². The van der Waals surface area contributed by atoms with Gasteiger partial charge in [-0.05, 0) is 61.9 Å². The number of barbiturate groups is 1. The molecule has 7 heteroatoms. The second kappa shape index (κ2) is 8.00. The van der Waals surface area contributed by atoms with Crippen LogP contribution in [-0.2, 0) is 9.59 Å². The van der Waals surface area contributed by atoms with Gasteiger partial charge in [0.2, 0.25) is 0 Å². The van der Waals surface area contributed by atoms with Gasteiger partial charge in [0, 0.05) is 28.6 Å². The predicted octanol–water partition coefficient (Wildman–Crippen LogP) is 4.87. The van der Waals surface area contributed by atoms with Crippen molar-refractivity contribution in [3.63, 3.8) is 0 Å². The molecule has 1 aromatic heterocycles. The van der Waals surface area contributed by atoms with E-state index in [4.69, 9.17) is 0 Å². The van der Waals surface area contributed by atoms with Crippen LogP contribution in [0.15, 0.2) is 70.7 Å². The molecule has 1 aliphatic rings. The first-order chi connectivity index (χ1) is 14.8. The molecule has 3 aromatic rings. The van der Waals surface area contributed by atoms with Gasteiger partial charge in [0.15, 0.2) is 0 Å². The number of para-hydroxylation sites is 1. The summed E-state index contributed by atoms with van der Waals surface area (Å²) in [5.74, 6) is -1.25. The smallest absolute Gasteiger partial charge is 0.318 e. The van der Waals surface area contributed by atoms with Crippen molar-refractivity contribution in [2.45, 2.75) is 13.8 Å². The van der Waals surface area contributed by atoms with Gasteiger partial charge in [0.25, 0.3) is 11.8 Å². The van der Waals surface area contributed by atoms with Crippen LogP contribution in [0.2, 0.25) is 0 Å². The molecule has 6 nitrogen and oxygen atoms in total. The van der Waals surface area contributed by atoms with E-state index in [1.165, 1.54) is 7.05 Å². The molecule has 4 rings (SSSR count). The molecule has 2 aromatic carbocycles. The van der Waals surface area contributed by atoms with Crippen LogP contribution in [0, 0.1) is 13.8 Å². The van der Waals surface area contributed by atoms with Crippen LogP contribution >= 0.6 is 15.9 Å². The molecule has 156 valence electrons. The molecule has 4 amide bonds. The number of hydrogen-bond acceptors (Lipinski definition) is 3. The number of aromatic nitrogens is 1. The zero-order chi connectivity index (χ0) is 22.3. The van der Waals surface area contributed by atoms with Crippen molar-refractivity contribution >= 4 is 45.5 Å². The lowest BCUT2D eigenvalue weighted by Crippen LogP contribution is -2.55. The number of likely N-dealkylation sites (N-methyl/N-ethyl adjacent to an activating group) is 1. The number of carbonyl (C=O) groups excluding carboxylic acids is 3. The molecule has 0 bridgehead atoms. The molecule has 1 saturated heterocycles. The highest BCUT2D eigenvalue weighted by Gasteiger charge is 2.41. The number of rotatable bonds is 3. The fraction of sp³-hybridized carbons (Fsp3) is 0.125. The first-order valence-corrected chi connectivity index (χ1v) is 10.5. The number of urea groups is 1. The molecule has 31 heavy (non-hydrogen) atoms. The van der Waals surface area contributed by atoms with Gasteiger partial charge >= 0.3 is 6.03 Å². The average molecular weight is 478 g/mol. The van der Waals surface area contributed by atoms with Gasteiger partial charge < -0.3 is 4.57 Å². The van der Waals surface area contributed by atoms with Crippen LogP contribution in [0.3, 0.4) is 0 Å². The van der Waals surface area contributed by atoms with Crippen molar-refractivity contribution < 1.29 is 14.4 Å². The molecule has 0 unspecified atom stereocenters. The Balaban J connectivity index is 1.81. The van der Waals surface area contributed by atoms with Crippen molar-refractivity contribution in [3.8, 4) is 5.69 Å². The lowest BCUT2D eigenvalue weighted by molar-refractivity contribution is -0.128. The Hall–Kier alpha value is -3.45. The molecule has 2 heterocycles. The maximum atomic E-state index is 13.2. The quantitative estimate of drug-likeness (QED) is 0.399. The van der Waals surface area contributed by atoms with Gasteiger partial charge in [0.05, 0.1) is 5.69 Å². The highest BCUT2D eigenvalue weighted by molar-refractivity contribution is 9.10. The van der Waals surface area contributed by atoms with Gasteiger partial charge in [-0.15, -0.1) is 0 Å². The third-order valence-corrected chi connectivity index (χ3v) is 5.79. The number of imide groups is 2. The number of aryl methyl sites for hydroxylation is 1. The van der Waals surface area contributed by atoms with Gasteiger partial charge in [-0.1, -0.05) is 40.2 Å². The summed E-state index contributed by atoms with van der Waals surface area (Å²) in [6.07, 6.45) is 1.57. The summed E-state index contributed by atoms with van der Waals surface area (Å²) in [4.78, 5) is 40.7. The Kier molecular flexibility index (Phi) is 5.37. The lowest BCUT2D eigenvalue weighted by atomic mass is 10.1. The van der Waals surface area contributed by atoms with E-state index in [0.29, 0.717) is 5.69 Å². The van der Waals surface area contributed by atoms with E-state index >= 15 is 0 Å². The minimum atomic E-state index is -0.669. The van der Waals surface area contributed by atoms with Crippen molar-refractivity contribution in [3.05, 3.63) is 87.7 Å². The summed E-state index contributed by atoms with van der Waals surface area (Å²) in [6, 6.07) is 17.7. The van der Waals surface area contributed by atoms with Gasteiger partial charge in [0.1, 0.15) is 5.57 Å². The van der Waals surface area contributed by atoms with E-state index in [0.717, 1.165) is 36.9 Å². The molecule has 0 spiro atoms. The minimum absolute atomic E-state index is 0.0551. The Bertz CT molecular complexity index is 1240. The molecule has 1 aliphatic heterocycles. The lowest BCUT2D eigenvalue weighted by Gasteiger charge is -2.31. The minimum Gasteiger partial charge on any atom is -0.318 e. The number of benzene rings is 2. The molecule has 0 radical (unpaired) electrons. The molecule has 0 N–H and O–H groups in total. The van der Waals surface area contributed by atoms with E-state index < -0.39 is 17.8 Å². The highest BCUT2D eigenvalue weighted by Crippen LogP contribution is 2.28. The second-order valence-corrected chi connectivity index (χ2v) is 8.24. The highest BCUT2D eigenvalue weighted by atomic mass is 79.9. The molecular weight excluding hydrogens is 458 g/mol. The SMILES string of the molecule is Cc1cc(/C=C2\C(=O)N(C)C(=O)N(c3ccccc3)C2=O)c(C)n1-c1cccc(Br)c1. The third kappa shape index (κ3) is 3.61. The summed E-state index contributed by atoms with van der Waals surface area (Å²) in [5, 5.41) is 0. The summed E-state index contributed by atoms with van der Waals surface area (Å²) in [5.41, 5.74) is 3.92. The second-order valence-electron chi connectivity index (χ2n) is 7.32. The first kappa shape index (κ1) is 20.8. The summed E-state index contributed by atoms with van der Waals surface area (Å²) < 4.78 is 3.01. The summed E-state index contributed by atoms with van der Waals surface area (Å²) >= 11 is 3.49. The monoisotopic (exact) mass is 477 g/mol. The number of hydrogen-bond donors (Lipinski definition) is 0. The fourth-order valence-corrected chi connectivity index (χ4v) is 4.13. The van der Waals surface area contributed by atoms with Crippen LogP contribution in [0.25, 0.3) is 11.8 Å². The van der Waals surface area contributed by atoms with Crippen LogP contribution in [0.1, 0.15) is 17.0 Å². The first-order valence-electron chi connectivity index (χ1n) is 9.67. The summed E-state index contributed by atoms with van der Waals surface area (Å²) in [6.45, 7) is 3.90. The Morgan fingerprint density at radius 3 is 2.19 bits per heavy atom. The van der Waals surface area contributed by atoms with Gasteiger partial charge in [-0.25, -0.2) is 9.69 Å². The number of amides is 4. The maximum absolute atomic E-state index is 13.2. The maximum Gasteiger partial charge on any atom is 0.338 e.